The molecule has 0 radical (unpaired) electrons. The molecule has 11 heteroatoms. The number of nitrogens with zero attached hydrogens (tertiary/aromatic N) is 4. The summed E-state index contributed by atoms with van der Waals surface area (Å²) in [6.45, 7) is 2.54. The number of halogens is 3. The lowest BCUT2D eigenvalue weighted by Gasteiger charge is -2.11. The van der Waals surface area contributed by atoms with E-state index in [1.807, 2.05) is 13.2 Å². The van der Waals surface area contributed by atoms with Gasteiger partial charge in [-0.05, 0) is 26.5 Å². The molecule has 1 amide bonds. The standard InChI is InChI=1S/C15H20F3N5O2S/c1-9-11(10(2)23-13(20-9)21-14(22-23)26-3)7-12(24)19-5-4-6-25-8-15(16,17)18/h4-8H2,1-3H3,(H,19,24). The zero-order valence-electron chi connectivity index (χ0n) is 14.7. The number of rotatable bonds is 8. The highest BCUT2D eigenvalue weighted by molar-refractivity contribution is 7.98. The van der Waals surface area contributed by atoms with E-state index >= 15 is 0 Å². The van der Waals surface area contributed by atoms with E-state index in [4.69, 9.17) is 0 Å². The van der Waals surface area contributed by atoms with Gasteiger partial charge in [-0.25, -0.2) is 9.50 Å². The fourth-order valence-electron chi connectivity index (χ4n) is 2.35. The van der Waals surface area contributed by atoms with Crippen molar-refractivity contribution in [3.8, 4) is 0 Å². The zero-order chi connectivity index (χ0) is 19.3. The van der Waals surface area contributed by atoms with Crippen LogP contribution in [0.4, 0.5) is 13.2 Å². The average Bonchev–Trinajstić information content (AvgIpc) is 2.97. The fourth-order valence-corrected chi connectivity index (χ4v) is 2.68. The molecule has 0 aliphatic carbocycles. The quantitative estimate of drug-likeness (QED) is 0.548. The van der Waals surface area contributed by atoms with Crippen LogP contribution in [0.2, 0.25) is 0 Å². The molecule has 0 aliphatic heterocycles. The summed E-state index contributed by atoms with van der Waals surface area (Å²) >= 11 is 1.40. The van der Waals surface area contributed by atoms with Crippen LogP contribution in [0.25, 0.3) is 5.78 Å². The molecule has 0 fully saturated rings. The normalized spacial score (nSPS) is 11.9. The molecule has 1 N–H and O–H groups in total. The SMILES string of the molecule is CSc1nc2nc(C)c(CC(=O)NCCCOCC(F)(F)F)c(C)n2n1. The number of fused-ring (bicyclic) bond motifs is 1. The second-order valence-electron chi connectivity index (χ2n) is 5.62. The van der Waals surface area contributed by atoms with Crippen LogP contribution < -0.4 is 5.32 Å². The topological polar surface area (TPSA) is 81.4 Å². The van der Waals surface area contributed by atoms with Gasteiger partial charge in [0, 0.05) is 30.1 Å². The predicted molar refractivity (Wildman–Crippen MR) is 90.2 cm³/mol. The number of amides is 1. The Labute approximate surface area is 152 Å². The summed E-state index contributed by atoms with van der Waals surface area (Å²) in [5.74, 6) is 0.244. The van der Waals surface area contributed by atoms with Gasteiger partial charge in [0.15, 0.2) is 0 Å². The predicted octanol–water partition coefficient (Wildman–Crippen LogP) is 2.09. The molecular formula is C15H20F3N5O2S. The first kappa shape index (κ1) is 20.4. The van der Waals surface area contributed by atoms with Crippen LogP contribution in [0.15, 0.2) is 5.16 Å². The molecule has 7 nitrogen and oxygen atoms in total. The highest BCUT2D eigenvalue weighted by Gasteiger charge is 2.27. The van der Waals surface area contributed by atoms with Crippen molar-refractivity contribution in [3.63, 3.8) is 0 Å². The van der Waals surface area contributed by atoms with Crippen LogP contribution in [-0.4, -0.2) is 57.7 Å². The van der Waals surface area contributed by atoms with Crippen LogP contribution >= 0.6 is 11.8 Å². The minimum Gasteiger partial charge on any atom is -0.372 e. The number of aryl methyl sites for hydroxylation is 2. The molecular weight excluding hydrogens is 371 g/mol. The molecule has 2 rings (SSSR count). The van der Waals surface area contributed by atoms with Crippen molar-refractivity contribution in [1.82, 2.24) is 24.9 Å². The Morgan fingerprint density at radius 3 is 2.69 bits per heavy atom. The summed E-state index contributed by atoms with van der Waals surface area (Å²) < 4.78 is 41.9. The molecule has 0 spiro atoms. The molecule has 0 unspecified atom stereocenters. The van der Waals surface area contributed by atoms with Gasteiger partial charge in [0.2, 0.25) is 11.1 Å². The number of hydrogen-bond donors (Lipinski definition) is 1. The summed E-state index contributed by atoms with van der Waals surface area (Å²) in [7, 11) is 0. The Balaban J connectivity index is 1.88. The lowest BCUT2D eigenvalue weighted by atomic mass is 10.1. The highest BCUT2D eigenvalue weighted by atomic mass is 32.2. The van der Waals surface area contributed by atoms with Crippen LogP contribution in [0.3, 0.4) is 0 Å². The summed E-state index contributed by atoms with van der Waals surface area (Å²) in [5.41, 5.74) is 2.23. The van der Waals surface area contributed by atoms with Crippen molar-refractivity contribution in [2.24, 2.45) is 0 Å². The Kier molecular flexibility index (Phi) is 6.81. The lowest BCUT2D eigenvalue weighted by Crippen LogP contribution is -2.28. The van der Waals surface area contributed by atoms with E-state index in [9.17, 15) is 18.0 Å². The third kappa shape index (κ3) is 5.56. The number of thioether (sulfide) groups is 1. The monoisotopic (exact) mass is 391 g/mol. The zero-order valence-corrected chi connectivity index (χ0v) is 15.5. The Bertz CT molecular complexity index is 779. The molecule has 144 valence electrons. The van der Waals surface area contributed by atoms with E-state index < -0.39 is 12.8 Å². The van der Waals surface area contributed by atoms with Gasteiger partial charge in [-0.15, -0.1) is 5.10 Å². The molecule has 0 saturated heterocycles. The van der Waals surface area contributed by atoms with Crippen molar-refractivity contribution in [1.29, 1.82) is 0 Å². The Morgan fingerprint density at radius 1 is 1.31 bits per heavy atom. The van der Waals surface area contributed by atoms with Gasteiger partial charge in [0.1, 0.15) is 6.61 Å². The van der Waals surface area contributed by atoms with E-state index in [-0.39, 0.29) is 25.5 Å². The van der Waals surface area contributed by atoms with Crippen molar-refractivity contribution in [3.05, 3.63) is 17.0 Å². The van der Waals surface area contributed by atoms with Gasteiger partial charge < -0.3 is 10.1 Å². The largest absolute Gasteiger partial charge is 0.411 e. The van der Waals surface area contributed by atoms with Crippen LogP contribution in [0, 0.1) is 13.8 Å². The summed E-state index contributed by atoms with van der Waals surface area (Å²) in [6.07, 6.45) is -2.05. The van der Waals surface area contributed by atoms with Gasteiger partial charge in [0.05, 0.1) is 6.42 Å². The molecule has 0 bridgehead atoms. The average molecular weight is 391 g/mol. The fraction of sp³-hybridized carbons (Fsp3) is 0.600. The number of aromatic nitrogens is 4. The summed E-state index contributed by atoms with van der Waals surface area (Å²) in [4.78, 5) is 20.7. The lowest BCUT2D eigenvalue weighted by molar-refractivity contribution is -0.174. The number of nitrogens with one attached hydrogen (secondary N) is 1. The Hall–Kier alpha value is -1.88. The van der Waals surface area contributed by atoms with Gasteiger partial charge in [0.25, 0.3) is 5.78 Å². The summed E-state index contributed by atoms with van der Waals surface area (Å²) in [5, 5.41) is 7.59. The number of alkyl halides is 3. The first-order valence-corrected chi connectivity index (χ1v) is 9.11. The molecule has 2 aromatic rings. The Morgan fingerprint density at radius 2 is 2.04 bits per heavy atom. The van der Waals surface area contributed by atoms with Gasteiger partial charge in [-0.2, -0.15) is 18.2 Å². The van der Waals surface area contributed by atoms with Crippen molar-refractivity contribution in [2.75, 3.05) is 26.0 Å². The maximum absolute atomic E-state index is 12.1. The number of hydrogen-bond acceptors (Lipinski definition) is 6. The molecule has 26 heavy (non-hydrogen) atoms. The highest BCUT2D eigenvalue weighted by Crippen LogP contribution is 2.17. The molecule has 2 aromatic heterocycles. The first-order valence-electron chi connectivity index (χ1n) is 7.89. The van der Waals surface area contributed by atoms with Gasteiger partial charge in [-0.3, -0.25) is 4.79 Å². The molecule has 0 aliphatic rings. The van der Waals surface area contributed by atoms with Gasteiger partial charge >= 0.3 is 6.18 Å². The maximum atomic E-state index is 12.1. The van der Waals surface area contributed by atoms with E-state index in [2.05, 4.69) is 25.1 Å². The van der Waals surface area contributed by atoms with Crippen molar-refractivity contribution < 1.29 is 22.7 Å². The second kappa shape index (κ2) is 8.67. The van der Waals surface area contributed by atoms with E-state index in [1.165, 1.54) is 11.8 Å². The van der Waals surface area contributed by atoms with Crippen molar-refractivity contribution in [2.45, 2.75) is 38.0 Å². The third-order valence-corrected chi connectivity index (χ3v) is 4.14. The van der Waals surface area contributed by atoms with Crippen LogP contribution in [0.1, 0.15) is 23.4 Å². The maximum Gasteiger partial charge on any atom is 0.411 e. The van der Waals surface area contributed by atoms with E-state index in [0.29, 0.717) is 23.0 Å². The minimum atomic E-state index is -4.33. The summed E-state index contributed by atoms with van der Waals surface area (Å²) in [6, 6.07) is 0. The van der Waals surface area contributed by atoms with E-state index in [0.717, 1.165) is 11.3 Å². The third-order valence-electron chi connectivity index (χ3n) is 3.60. The second-order valence-corrected chi connectivity index (χ2v) is 6.39. The minimum absolute atomic E-state index is 0.0677. The number of carbonyl (C=O) groups excluding carboxylic acids is 1. The molecule has 0 saturated carbocycles. The molecule has 0 aromatic carbocycles. The van der Waals surface area contributed by atoms with Crippen LogP contribution in [0.5, 0.6) is 0 Å². The van der Waals surface area contributed by atoms with Gasteiger partial charge in [-0.1, -0.05) is 11.8 Å². The number of ether oxygens (including phenoxy) is 1. The smallest absolute Gasteiger partial charge is 0.372 e. The molecule has 0 atom stereocenters. The first-order chi connectivity index (χ1) is 12.2. The van der Waals surface area contributed by atoms with Crippen LogP contribution in [-0.2, 0) is 16.0 Å². The molecule has 2 heterocycles. The van der Waals surface area contributed by atoms with E-state index in [1.54, 1.807) is 11.4 Å². The van der Waals surface area contributed by atoms with Crippen molar-refractivity contribution >= 4 is 23.4 Å². The number of carbonyl (C=O) groups is 1.